The van der Waals surface area contributed by atoms with Crippen molar-refractivity contribution in [3.63, 3.8) is 0 Å². The normalized spacial score (nSPS) is 12.9. The van der Waals surface area contributed by atoms with E-state index in [2.05, 4.69) is 5.32 Å². The molecule has 0 radical (unpaired) electrons. The Labute approximate surface area is 150 Å². The Morgan fingerprint density at radius 2 is 1.85 bits per heavy atom. The fourth-order valence-electron chi connectivity index (χ4n) is 2.92. The zero-order valence-corrected chi connectivity index (χ0v) is 14.2. The number of carboxylic acids is 1. The van der Waals surface area contributed by atoms with Crippen molar-refractivity contribution < 1.29 is 19.5 Å². The number of hydrogen-bond donors (Lipinski definition) is 2. The van der Waals surface area contributed by atoms with Crippen LogP contribution in [0.4, 0.5) is 11.4 Å². The van der Waals surface area contributed by atoms with Gasteiger partial charge in [-0.15, -0.1) is 0 Å². The van der Waals surface area contributed by atoms with Crippen LogP contribution in [0.3, 0.4) is 0 Å². The minimum atomic E-state index is -1.01. The van der Waals surface area contributed by atoms with Gasteiger partial charge in [-0.3, -0.25) is 9.59 Å². The number of nitrogens with zero attached hydrogens (tertiary/aromatic N) is 1. The smallest absolute Gasteiger partial charge is 0.328 e. The highest BCUT2D eigenvalue weighted by Crippen LogP contribution is 2.29. The maximum absolute atomic E-state index is 12.4. The van der Waals surface area contributed by atoms with Crippen LogP contribution in [0.1, 0.15) is 28.4 Å². The van der Waals surface area contributed by atoms with Crippen LogP contribution in [0.2, 0.25) is 0 Å². The number of aliphatic carboxylic acids is 1. The fraction of sp³-hybridized carbons (Fsp3) is 0.150. The van der Waals surface area contributed by atoms with Crippen LogP contribution in [0.25, 0.3) is 6.08 Å². The summed E-state index contributed by atoms with van der Waals surface area (Å²) in [5.41, 5.74) is 3.73. The van der Waals surface area contributed by atoms with E-state index >= 15 is 0 Å². The average molecular weight is 350 g/mol. The van der Waals surface area contributed by atoms with Crippen molar-refractivity contribution in [3.8, 4) is 0 Å². The number of nitrogens with one attached hydrogen (secondary N) is 1. The molecule has 26 heavy (non-hydrogen) atoms. The highest BCUT2D eigenvalue weighted by molar-refractivity contribution is 6.05. The van der Waals surface area contributed by atoms with Gasteiger partial charge < -0.3 is 15.3 Å². The van der Waals surface area contributed by atoms with Crippen LogP contribution in [0.5, 0.6) is 0 Å². The van der Waals surface area contributed by atoms with Crippen LogP contribution < -0.4 is 10.2 Å². The Balaban J connectivity index is 1.71. The van der Waals surface area contributed by atoms with Crippen molar-refractivity contribution in [2.24, 2.45) is 0 Å². The summed E-state index contributed by atoms with van der Waals surface area (Å²) in [6, 6.07) is 12.2. The molecule has 2 aromatic rings. The number of carbonyl (C=O) groups is 3. The molecule has 0 unspecified atom stereocenters. The van der Waals surface area contributed by atoms with Crippen LogP contribution in [-0.2, 0) is 16.0 Å². The summed E-state index contributed by atoms with van der Waals surface area (Å²) in [6.45, 7) is 2.17. The molecular formula is C20H18N2O4. The molecule has 2 aromatic carbocycles. The lowest BCUT2D eigenvalue weighted by Gasteiger charge is -2.14. The molecular weight excluding hydrogens is 332 g/mol. The van der Waals surface area contributed by atoms with Crippen molar-refractivity contribution in [2.45, 2.75) is 13.3 Å². The molecule has 0 bridgehead atoms. The largest absolute Gasteiger partial charge is 0.478 e. The van der Waals surface area contributed by atoms with Crippen molar-refractivity contribution in [1.29, 1.82) is 0 Å². The molecule has 0 aliphatic carbocycles. The van der Waals surface area contributed by atoms with E-state index in [0.29, 0.717) is 17.8 Å². The molecule has 0 fully saturated rings. The summed E-state index contributed by atoms with van der Waals surface area (Å²) in [6.07, 6.45) is 3.28. The molecule has 0 spiro atoms. The Bertz CT molecular complexity index is 901. The van der Waals surface area contributed by atoms with Crippen molar-refractivity contribution in [1.82, 2.24) is 0 Å². The number of benzene rings is 2. The number of fused-ring (bicyclic) bond motifs is 1. The molecule has 0 saturated heterocycles. The third-order valence-corrected chi connectivity index (χ3v) is 4.20. The lowest BCUT2D eigenvalue weighted by atomic mass is 10.1. The summed E-state index contributed by atoms with van der Waals surface area (Å²) in [7, 11) is 0. The van der Waals surface area contributed by atoms with E-state index in [9.17, 15) is 14.4 Å². The second-order valence-corrected chi connectivity index (χ2v) is 6.01. The maximum atomic E-state index is 12.4. The number of carboxylic acid groups (broad SMARTS) is 1. The van der Waals surface area contributed by atoms with E-state index < -0.39 is 5.97 Å². The van der Waals surface area contributed by atoms with Gasteiger partial charge in [0.05, 0.1) is 0 Å². The predicted octanol–water partition coefficient (Wildman–Crippen LogP) is 2.95. The SMILES string of the molecule is CC(=O)N1CCc2cc(C(=O)Nc3ccc(C=CC(=O)O)cc3)ccc21. The van der Waals surface area contributed by atoms with E-state index in [1.807, 2.05) is 6.07 Å². The van der Waals surface area contributed by atoms with Crippen molar-refractivity contribution in [2.75, 3.05) is 16.8 Å². The van der Waals surface area contributed by atoms with Gasteiger partial charge in [0.2, 0.25) is 5.91 Å². The van der Waals surface area contributed by atoms with Gasteiger partial charge in [-0.2, -0.15) is 0 Å². The Hall–Kier alpha value is -3.41. The van der Waals surface area contributed by atoms with E-state index in [0.717, 1.165) is 29.3 Å². The van der Waals surface area contributed by atoms with Gasteiger partial charge in [-0.25, -0.2) is 4.79 Å². The molecule has 1 heterocycles. The van der Waals surface area contributed by atoms with Gasteiger partial charge in [0, 0.05) is 36.5 Å². The van der Waals surface area contributed by atoms with Crippen LogP contribution in [0, 0.1) is 0 Å². The first-order chi connectivity index (χ1) is 12.4. The minimum absolute atomic E-state index is 0.00186. The molecule has 6 nitrogen and oxygen atoms in total. The first-order valence-corrected chi connectivity index (χ1v) is 8.17. The first-order valence-electron chi connectivity index (χ1n) is 8.17. The topological polar surface area (TPSA) is 86.7 Å². The number of carbonyl (C=O) groups excluding carboxylic acids is 2. The molecule has 132 valence electrons. The number of hydrogen-bond acceptors (Lipinski definition) is 3. The first kappa shape index (κ1) is 17.4. The van der Waals surface area contributed by atoms with Gasteiger partial charge in [-0.1, -0.05) is 12.1 Å². The predicted molar refractivity (Wildman–Crippen MR) is 99.2 cm³/mol. The molecule has 0 atom stereocenters. The highest BCUT2D eigenvalue weighted by atomic mass is 16.4. The Morgan fingerprint density at radius 1 is 1.12 bits per heavy atom. The quantitative estimate of drug-likeness (QED) is 0.830. The second kappa shape index (κ2) is 7.23. The van der Waals surface area contributed by atoms with E-state index in [1.165, 1.54) is 13.0 Å². The van der Waals surface area contributed by atoms with Gasteiger partial charge in [0.1, 0.15) is 0 Å². The third kappa shape index (κ3) is 3.80. The van der Waals surface area contributed by atoms with E-state index in [1.54, 1.807) is 41.3 Å². The molecule has 0 aromatic heterocycles. The summed E-state index contributed by atoms with van der Waals surface area (Å²) < 4.78 is 0. The molecule has 2 amide bonds. The van der Waals surface area contributed by atoms with Crippen LogP contribution >= 0.6 is 0 Å². The molecule has 1 aliphatic rings. The molecule has 0 saturated carbocycles. The number of rotatable bonds is 4. The lowest BCUT2D eigenvalue weighted by Crippen LogP contribution is -2.25. The summed E-state index contributed by atoms with van der Waals surface area (Å²) >= 11 is 0. The van der Waals surface area contributed by atoms with Gasteiger partial charge >= 0.3 is 5.97 Å². The number of amides is 2. The summed E-state index contributed by atoms with van der Waals surface area (Å²) in [5, 5.41) is 11.4. The third-order valence-electron chi connectivity index (χ3n) is 4.20. The van der Waals surface area contributed by atoms with Crippen LogP contribution in [0.15, 0.2) is 48.5 Å². The van der Waals surface area contributed by atoms with Crippen molar-refractivity contribution >= 4 is 35.2 Å². The summed E-state index contributed by atoms with van der Waals surface area (Å²) in [5.74, 6) is -1.25. The summed E-state index contributed by atoms with van der Waals surface area (Å²) in [4.78, 5) is 36.3. The minimum Gasteiger partial charge on any atom is -0.478 e. The zero-order chi connectivity index (χ0) is 18.7. The number of anilines is 2. The maximum Gasteiger partial charge on any atom is 0.328 e. The Kier molecular flexibility index (Phi) is 4.84. The standard InChI is InChI=1S/C20H18N2O4/c1-13(23)22-11-10-15-12-16(5-8-18(15)22)20(26)21-17-6-2-14(3-7-17)4-9-19(24)25/h2-9,12H,10-11H2,1H3,(H,21,26)(H,24,25). The van der Waals surface area contributed by atoms with Gasteiger partial charge in [0.25, 0.3) is 5.91 Å². The van der Waals surface area contributed by atoms with Crippen LogP contribution in [-0.4, -0.2) is 29.4 Å². The zero-order valence-electron chi connectivity index (χ0n) is 14.2. The van der Waals surface area contributed by atoms with E-state index in [-0.39, 0.29) is 11.8 Å². The monoisotopic (exact) mass is 350 g/mol. The highest BCUT2D eigenvalue weighted by Gasteiger charge is 2.23. The molecule has 2 N–H and O–H groups in total. The molecule has 6 heteroatoms. The fourth-order valence-corrected chi connectivity index (χ4v) is 2.92. The van der Waals surface area contributed by atoms with Crippen molar-refractivity contribution in [3.05, 3.63) is 65.2 Å². The van der Waals surface area contributed by atoms with E-state index in [4.69, 9.17) is 5.11 Å². The second-order valence-electron chi connectivity index (χ2n) is 6.01. The van der Waals surface area contributed by atoms with Gasteiger partial charge in [0.15, 0.2) is 0 Å². The molecule has 3 rings (SSSR count). The molecule has 1 aliphatic heterocycles. The van der Waals surface area contributed by atoms with Gasteiger partial charge in [-0.05, 0) is 54.0 Å². The lowest BCUT2D eigenvalue weighted by molar-refractivity contribution is -0.131. The average Bonchev–Trinajstić information content (AvgIpc) is 3.04. The Morgan fingerprint density at radius 3 is 2.50 bits per heavy atom.